The molecule has 0 spiro atoms. The van der Waals surface area contributed by atoms with E-state index in [4.69, 9.17) is 20.2 Å². The van der Waals surface area contributed by atoms with Crippen LogP contribution in [0.4, 0.5) is 0 Å². The summed E-state index contributed by atoms with van der Waals surface area (Å²) in [6.45, 7) is 9.39. The minimum absolute atomic E-state index is 0.0199. The molecule has 9 nitrogen and oxygen atoms in total. The number of nitrogens with zero attached hydrogens (tertiary/aromatic N) is 2. The fourth-order valence-corrected chi connectivity index (χ4v) is 6.74. The summed E-state index contributed by atoms with van der Waals surface area (Å²) in [5.41, 5.74) is 3.64. The second kappa shape index (κ2) is 12.1. The molecule has 2 aliphatic rings. The van der Waals surface area contributed by atoms with E-state index in [1.54, 1.807) is 25.1 Å². The first-order valence-electron chi connectivity index (χ1n) is 15.3. The van der Waals surface area contributed by atoms with Gasteiger partial charge in [0, 0.05) is 42.6 Å². The molecule has 3 aromatic rings. The summed E-state index contributed by atoms with van der Waals surface area (Å²) in [5, 5.41) is 11.1. The van der Waals surface area contributed by atoms with Crippen LogP contribution >= 0.6 is 0 Å². The molecule has 2 aromatic carbocycles. The Morgan fingerprint density at radius 3 is 2.53 bits per heavy atom. The first-order chi connectivity index (χ1) is 21.5. The highest BCUT2D eigenvalue weighted by Gasteiger charge is 2.78. The standard InChI is InChI=1S/C36H41N3O6/c1-6-8-12-23(3)39(4)32(41)34(31(40)36(33(42)43)22-35(36,37)7-2)18-17-26(21-34)45-30-20-28(24-13-10-9-11-14-24)38-29-19-25(44-5)15-16-27(29)30/h6-7,9-11,13-16,19-20,23,26H,1-2,8,12,17-18,21-22,37H2,3-5H3,(H,42,43). The Labute approximate surface area is 263 Å². The molecular formula is C36H41N3O6. The Hall–Kier alpha value is -4.50. The minimum Gasteiger partial charge on any atom is -0.497 e. The molecule has 2 aliphatic carbocycles. The van der Waals surface area contributed by atoms with E-state index in [1.807, 2.05) is 61.5 Å². The number of fused-ring (bicyclic) bond motifs is 1. The van der Waals surface area contributed by atoms with Gasteiger partial charge in [0.15, 0.2) is 11.2 Å². The summed E-state index contributed by atoms with van der Waals surface area (Å²) in [6, 6.07) is 16.9. The van der Waals surface area contributed by atoms with Gasteiger partial charge < -0.3 is 25.2 Å². The predicted octanol–water partition coefficient (Wildman–Crippen LogP) is 5.57. The van der Waals surface area contributed by atoms with Crippen LogP contribution in [0.5, 0.6) is 11.5 Å². The molecule has 236 valence electrons. The van der Waals surface area contributed by atoms with Crippen LogP contribution in [0.1, 0.15) is 45.4 Å². The van der Waals surface area contributed by atoms with Crippen LogP contribution in [0.25, 0.3) is 22.2 Å². The van der Waals surface area contributed by atoms with Gasteiger partial charge in [0.25, 0.3) is 0 Å². The topological polar surface area (TPSA) is 132 Å². The first kappa shape index (κ1) is 31.9. The van der Waals surface area contributed by atoms with Gasteiger partial charge in [-0.2, -0.15) is 0 Å². The average Bonchev–Trinajstić information content (AvgIpc) is 3.49. The number of nitrogens with two attached hydrogens (primary N) is 1. The van der Waals surface area contributed by atoms with Crippen molar-refractivity contribution in [1.29, 1.82) is 0 Å². The Kier molecular flexibility index (Phi) is 8.60. The Morgan fingerprint density at radius 2 is 1.91 bits per heavy atom. The first-order valence-corrected chi connectivity index (χ1v) is 15.3. The molecule has 0 aliphatic heterocycles. The van der Waals surface area contributed by atoms with Crippen LogP contribution in [0.2, 0.25) is 0 Å². The highest BCUT2D eigenvalue weighted by atomic mass is 16.5. The van der Waals surface area contributed by atoms with E-state index in [1.165, 1.54) is 6.08 Å². The molecule has 5 atom stereocenters. The van der Waals surface area contributed by atoms with Crippen molar-refractivity contribution < 1.29 is 29.0 Å². The Balaban J connectivity index is 1.54. The maximum absolute atomic E-state index is 14.5. The highest BCUT2D eigenvalue weighted by molar-refractivity contribution is 6.19. The molecule has 9 heteroatoms. The van der Waals surface area contributed by atoms with E-state index < -0.39 is 40.1 Å². The molecule has 5 rings (SSSR count). The zero-order valence-electron chi connectivity index (χ0n) is 26.1. The third kappa shape index (κ3) is 5.39. The van der Waals surface area contributed by atoms with Crippen LogP contribution in [-0.4, -0.2) is 64.5 Å². The molecule has 1 aromatic heterocycles. The van der Waals surface area contributed by atoms with Gasteiger partial charge in [0.1, 0.15) is 23.0 Å². The number of carboxylic acid groups (broad SMARTS) is 1. The number of pyridine rings is 1. The third-order valence-corrected chi connectivity index (χ3v) is 9.77. The lowest BCUT2D eigenvalue weighted by Crippen LogP contribution is -2.54. The number of hydrogen-bond donors (Lipinski definition) is 2. The molecule has 45 heavy (non-hydrogen) atoms. The quantitative estimate of drug-likeness (QED) is 0.189. The number of rotatable bonds is 13. The second-order valence-electron chi connectivity index (χ2n) is 12.4. The lowest BCUT2D eigenvalue weighted by Gasteiger charge is -2.36. The average molecular weight is 612 g/mol. The van der Waals surface area contributed by atoms with Gasteiger partial charge in [0.05, 0.1) is 23.9 Å². The molecule has 1 heterocycles. The Morgan fingerprint density at radius 1 is 1.18 bits per heavy atom. The summed E-state index contributed by atoms with van der Waals surface area (Å²) in [6.07, 6.45) is 4.32. The smallest absolute Gasteiger partial charge is 0.319 e. The maximum atomic E-state index is 14.5. The number of aromatic nitrogens is 1. The number of amides is 1. The molecular weight excluding hydrogens is 570 g/mol. The number of benzene rings is 2. The number of ketones is 1. The summed E-state index contributed by atoms with van der Waals surface area (Å²) in [7, 11) is 3.26. The summed E-state index contributed by atoms with van der Waals surface area (Å²) >= 11 is 0. The molecule has 0 radical (unpaired) electrons. The van der Waals surface area contributed by atoms with Crippen molar-refractivity contribution in [3.8, 4) is 22.8 Å². The lowest BCUT2D eigenvalue weighted by atomic mass is 9.71. The van der Waals surface area contributed by atoms with Gasteiger partial charge in [-0.3, -0.25) is 14.4 Å². The van der Waals surface area contributed by atoms with E-state index in [0.717, 1.165) is 10.9 Å². The number of hydrogen-bond acceptors (Lipinski definition) is 7. The van der Waals surface area contributed by atoms with Crippen LogP contribution < -0.4 is 15.2 Å². The maximum Gasteiger partial charge on any atom is 0.319 e. The third-order valence-electron chi connectivity index (χ3n) is 9.77. The summed E-state index contributed by atoms with van der Waals surface area (Å²) in [4.78, 5) is 48.0. The minimum atomic E-state index is -1.93. The van der Waals surface area contributed by atoms with Crippen molar-refractivity contribution in [2.45, 2.75) is 63.1 Å². The van der Waals surface area contributed by atoms with E-state index in [2.05, 4.69) is 13.2 Å². The van der Waals surface area contributed by atoms with E-state index in [-0.39, 0.29) is 25.3 Å². The molecule has 2 saturated carbocycles. The molecule has 3 N–H and O–H groups in total. The lowest BCUT2D eigenvalue weighted by molar-refractivity contribution is -0.159. The van der Waals surface area contributed by atoms with Crippen molar-refractivity contribution in [3.05, 3.63) is 79.9 Å². The molecule has 2 fully saturated rings. The van der Waals surface area contributed by atoms with Gasteiger partial charge in [0.2, 0.25) is 5.91 Å². The molecule has 1 amide bonds. The van der Waals surface area contributed by atoms with E-state index in [9.17, 15) is 19.5 Å². The Bertz CT molecular complexity index is 1660. The van der Waals surface area contributed by atoms with E-state index in [0.29, 0.717) is 42.0 Å². The molecule has 5 unspecified atom stereocenters. The summed E-state index contributed by atoms with van der Waals surface area (Å²) < 4.78 is 12.1. The second-order valence-corrected chi connectivity index (χ2v) is 12.4. The van der Waals surface area contributed by atoms with E-state index >= 15 is 0 Å². The number of ether oxygens (including phenoxy) is 2. The number of Topliss-reactive ketones (excluding diaryl/α,β-unsaturated/α-hetero) is 1. The van der Waals surface area contributed by atoms with Crippen LogP contribution in [0.15, 0.2) is 79.9 Å². The fraction of sp³-hybridized carbons (Fsp3) is 0.389. The fourth-order valence-electron chi connectivity index (χ4n) is 6.74. The van der Waals surface area contributed by atoms with Gasteiger partial charge >= 0.3 is 5.97 Å². The highest BCUT2D eigenvalue weighted by Crippen LogP contribution is 2.61. The number of carbonyl (C=O) groups is 3. The zero-order valence-corrected chi connectivity index (χ0v) is 26.1. The van der Waals surface area contributed by atoms with Crippen LogP contribution in [0, 0.1) is 10.8 Å². The van der Waals surface area contributed by atoms with Crippen LogP contribution in [0.3, 0.4) is 0 Å². The van der Waals surface area contributed by atoms with Crippen LogP contribution in [-0.2, 0) is 14.4 Å². The number of carbonyl (C=O) groups excluding carboxylic acids is 2. The van der Waals surface area contributed by atoms with Gasteiger partial charge in [-0.25, -0.2) is 4.98 Å². The zero-order chi connectivity index (χ0) is 32.6. The summed E-state index contributed by atoms with van der Waals surface area (Å²) in [5.74, 6) is -1.22. The van der Waals surface area contributed by atoms with Crippen molar-refractivity contribution in [1.82, 2.24) is 9.88 Å². The van der Waals surface area contributed by atoms with Crippen molar-refractivity contribution in [3.63, 3.8) is 0 Å². The van der Waals surface area contributed by atoms with Gasteiger partial charge in [-0.15, -0.1) is 13.2 Å². The van der Waals surface area contributed by atoms with Crippen molar-refractivity contribution in [2.75, 3.05) is 14.2 Å². The molecule has 0 saturated heterocycles. The predicted molar refractivity (Wildman–Crippen MR) is 173 cm³/mol. The number of methoxy groups -OCH3 is 1. The van der Waals surface area contributed by atoms with Gasteiger partial charge in [-0.05, 0) is 51.2 Å². The molecule has 0 bridgehead atoms. The number of aliphatic carboxylic acids is 1. The SMILES string of the molecule is C=CCCC(C)N(C)C(=O)C1(C(=O)C2(C(=O)O)CC2(N)C=C)CCC(Oc2cc(-c3ccccc3)nc3cc(OC)ccc23)C1. The van der Waals surface area contributed by atoms with Gasteiger partial charge in [-0.1, -0.05) is 42.5 Å². The number of allylic oxidation sites excluding steroid dienone is 1. The van der Waals surface area contributed by atoms with Crippen molar-refractivity contribution in [2.24, 2.45) is 16.6 Å². The normalized spacial score (nSPS) is 26.1. The monoisotopic (exact) mass is 611 g/mol. The number of carboxylic acids is 1. The largest absolute Gasteiger partial charge is 0.497 e. The van der Waals surface area contributed by atoms with Crippen molar-refractivity contribution >= 4 is 28.6 Å².